The van der Waals surface area contributed by atoms with Crippen molar-refractivity contribution in [2.24, 2.45) is 10.7 Å². The highest BCUT2D eigenvalue weighted by Gasteiger charge is 2.45. The SMILES string of the molecule is CCC(CC)NC(=O)CC1(C)N=C(N)N(Cc2cccc(C)c2)C1=O. The number of hydrogen-bond donors (Lipinski definition) is 2. The molecule has 0 aliphatic carbocycles. The normalized spacial score (nSPS) is 20.1. The van der Waals surface area contributed by atoms with Gasteiger partial charge in [-0.3, -0.25) is 14.5 Å². The van der Waals surface area contributed by atoms with Crippen molar-refractivity contribution in [3.63, 3.8) is 0 Å². The van der Waals surface area contributed by atoms with Crippen LogP contribution in [-0.4, -0.2) is 34.3 Å². The van der Waals surface area contributed by atoms with E-state index in [9.17, 15) is 9.59 Å². The molecule has 1 aliphatic rings. The molecule has 0 saturated carbocycles. The Bertz CT molecular complexity index is 682. The van der Waals surface area contributed by atoms with Crippen molar-refractivity contribution in [3.8, 4) is 0 Å². The van der Waals surface area contributed by atoms with Crippen molar-refractivity contribution in [3.05, 3.63) is 35.4 Å². The van der Waals surface area contributed by atoms with Crippen LogP contribution >= 0.6 is 0 Å². The zero-order chi connectivity index (χ0) is 18.6. The molecule has 1 aliphatic heterocycles. The largest absolute Gasteiger partial charge is 0.369 e. The summed E-state index contributed by atoms with van der Waals surface area (Å²) >= 11 is 0. The number of aliphatic imine (C=N–C) groups is 1. The maximum atomic E-state index is 12.8. The Kier molecular flexibility index (Phi) is 5.82. The number of aryl methyl sites for hydroxylation is 1. The lowest BCUT2D eigenvalue weighted by Gasteiger charge is -2.23. The molecule has 1 aromatic rings. The quantitative estimate of drug-likeness (QED) is 0.794. The van der Waals surface area contributed by atoms with Crippen LogP contribution in [0.4, 0.5) is 0 Å². The number of carbonyl (C=O) groups is 2. The lowest BCUT2D eigenvalue weighted by Crippen LogP contribution is -2.45. The molecule has 25 heavy (non-hydrogen) atoms. The molecule has 0 aromatic heterocycles. The standard InChI is InChI=1S/C19H28N4O2/c1-5-15(6-2)21-16(24)11-19(4)17(25)23(18(20)22-19)12-14-9-7-8-13(3)10-14/h7-10,15H,5-6,11-12H2,1-4H3,(H2,20,22)(H,21,24). The molecule has 1 atom stereocenters. The Labute approximate surface area is 149 Å². The van der Waals surface area contributed by atoms with Crippen molar-refractivity contribution in [2.45, 2.75) is 65.1 Å². The van der Waals surface area contributed by atoms with Gasteiger partial charge in [0.05, 0.1) is 13.0 Å². The van der Waals surface area contributed by atoms with Gasteiger partial charge in [0, 0.05) is 6.04 Å². The lowest BCUT2D eigenvalue weighted by molar-refractivity contribution is -0.134. The van der Waals surface area contributed by atoms with Gasteiger partial charge >= 0.3 is 0 Å². The fourth-order valence-corrected chi connectivity index (χ4v) is 3.10. The molecule has 1 unspecified atom stereocenters. The molecule has 2 amide bonds. The summed E-state index contributed by atoms with van der Waals surface area (Å²) in [4.78, 5) is 30.9. The van der Waals surface area contributed by atoms with E-state index in [1.54, 1.807) is 6.92 Å². The Morgan fingerprint density at radius 3 is 2.64 bits per heavy atom. The smallest absolute Gasteiger partial charge is 0.257 e. The molecule has 0 bridgehead atoms. The second-order valence-corrected chi connectivity index (χ2v) is 6.88. The molecule has 1 heterocycles. The second-order valence-electron chi connectivity index (χ2n) is 6.88. The summed E-state index contributed by atoms with van der Waals surface area (Å²) in [6, 6.07) is 8.02. The average molecular weight is 344 g/mol. The third-order valence-corrected chi connectivity index (χ3v) is 4.62. The van der Waals surface area contributed by atoms with E-state index in [0.29, 0.717) is 6.54 Å². The van der Waals surface area contributed by atoms with E-state index in [0.717, 1.165) is 24.0 Å². The van der Waals surface area contributed by atoms with E-state index in [1.165, 1.54) is 4.90 Å². The van der Waals surface area contributed by atoms with Gasteiger partial charge in [0.1, 0.15) is 5.54 Å². The van der Waals surface area contributed by atoms with E-state index in [-0.39, 0.29) is 30.2 Å². The zero-order valence-corrected chi connectivity index (χ0v) is 15.5. The van der Waals surface area contributed by atoms with E-state index in [2.05, 4.69) is 10.3 Å². The van der Waals surface area contributed by atoms with Crippen LogP contribution in [0.15, 0.2) is 29.3 Å². The molecular formula is C19H28N4O2. The van der Waals surface area contributed by atoms with E-state index >= 15 is 0 Å². The van der Waals surface area contributed by atoms with Crippen molar-refractivity contribution in [1.82, 2.24) is 10.2 Å². The van der Waals surface area contributed by atoms with Gasteiger partial charge in [0.2, 0.25) is 5.91 Å². The first-order valence-electron chi connectivity index (χ1n) is 8.81. The van der Waals surface area contributed by atoms with Crippen LogP contribution in [0.25, 0.3) is 0 Å². The van der Waals surface area contributed by atoms with Gasteiger partial charge in [-0.1, -0.05) is 43.7 Å². The molecule has 1 aromatic carbocycles. The van der Waals surface area contributed by atoms with E-state index in [4.69, 9.17) is 5.73 Å². The van der Waals surface area contributed by atoms with Crippen molar-refractivity contribution in [2.75, 3.05) is 0 Å². The first kappa shape index (κ1) is 19.0. The third-order valence-electron chi connectivity index (χ3n) is 4.62. The highest BCUT2D eigenvalue weighted by Crippen LogP contribution is 2.26. The maximum absolute atomic E-state index is 12.8. The van der Waals surface area contributed by atoms with E-state index in [1.807, 2.05) is 45.0 Å². The van der Waals surface area contributed by atoms with Gasteiger partial charge in [0.25, 0.3) is 5.91 Å². The highest BCUT2D eigenvalue weighted by molar-refractivity contribution is 6.08. The number of nitrogens with zero attached hydrogens (tertiary/aromatic N) is 2. The Morgan fingerprint density at radius 1 is 1.36 bits per heavy atom. The number of guanidine groups is 1. The minimum atomic E-state index is -1.13. The van der Waals surface area contributed by atoms with Crippen molar-refractivity contribution >= 4 is 17.8 Å². The van der Waals surface area contributed by atoms with Gasteiger partial charge in [-0.25, -0.2) is 4.99 Å². The number of nitrogens with two attached hydrogens (primary N) is 1. The molecule has 136 valence electrons. The van der Waals surface area contributed by atoms with Crippen LogP contribution in [0.5, 0.6) is 0 Å². The maximum Gasteiger partial charge on any atom is 0.257 e. The summed E-state index contributed by atoms with van der Waals surface area (Å²) < 4.78 is 0. The number of benzene rings is 1. The molecule has 6 heteroatoms. The van der Waals surface area contributed by atoms with Crippen LogP contribution in [0.3, 0.4) is 0 Å². The molecule has 0 radical (unpaired) electrons. The summed E-state index contributed by atoms with van der Waals surface area (Å²) in [6.07, 6.45) is 1.73. The zero-order valence-electron chi connectivity index (χ0n) is 15.5. The Balaban J connectivity index is 2.08. The number of carbonyl (C=O) groups excluding carboxylic acids is 2. The predicted octanol–water partition coefficient (Wildman–Crippen LogP) is 2.11. The minimum absolute atomic E-state index is 0.00729. The molecule has 3 N–H and O–H groups in total. The van der Waals surface area contributed by atoms with Crippen molar-refractivity contribution in [1.29, 1.82) is 0 Å². The topological polar surface area (TPSA) is 87.8 Å². The first-order valence-corrected chi connectivity index (χ1v) is 8.81. The summed E-state index contributed by atoms with van der Waals surface area (Å²) in [5.74, 6) is -0.228. The fourth-order valence-electron chi connectivity index (χ4n) is 3.10. The average Bonchev–Trinajstić information content (AvgIpc) is 2.75. The van der Waals surface area contributed by atoms with Gasteiger partial charge in [-0.15, -0.1) is 0 Å². The lowest BCUT2D eigenvalue weighted by atomic mass is 9.97. The van der Waals surface area contributed by atoms with Crippen LogP contribution in [0, 0.1) is 6.92 Å². The molecule has 0 fully saturated rings. The third kappa shape index (κ3) is 4.38. The summed E-state index contributed by atoms with van der Waals surface area (Å²) in [5.41, 5.74) is 6.95. The summed E-state index contributed by atoms with van der Waals surface area (Å²) in [5, 5.41) is 2.96. The van der Waals surface area contributed by atoms with Crippen LogP contribution in [0.2, 0.25) is 0 Å². The van der Waals surface area contributed by atoms with Gasteiger partial charge in [-0.2, -0.15) is 0 Å². The molecular weight excluding hydrogens is 316 g/mol. The van der Waals surface area contributed by atoms with Crippen LogP contribution in [-0.2, 0) is 16.1 Å². The number of nitrogens with one attached hydrogen (secondary N) is 1. The second kappa shape index (κ2) is 7.68. The monoisotopic (exact) mass is 344 g/mol. The predicted molar refractivity (Wildman–Crippen MR) is 98.9 cm³/mol. The minimum Gasteiger partial charge on any atom is -0.369 e. The first-order chi connectivity index (χ1) is 11.8. The molecule has 0 saturated heterocycles. The van der Waals surface area contributed by atoms with Crippen molar-refractivity contribution < 1.29 is 9.59 Å². The Morgan fingerprint density at radius 2 is 2.04 bits per heavy atom. The van der Waals surface area contributed by atoms with Gasteiger partial charge in [-0.05, 0) is 32.3 Å². The van der Waals surface area contributed by atoms with E-state index < -0.39 is 5.54 Å². The number of amides is 2. The summed E-state index contributed by atoms with van der Waals surface area (Å²) in [6.45, 7) is 8.08. The molecule has 2 rings (SSSR count). The molecule has 0 spiro atoms. The number of hydrogen-bond acceptors (Lipinski definition) is 4. The fraction of sp³-hybridized carbons (Fsp3) is 0.526. The van der Waals surface area contributed by atoms with Crippen LogP contribution < -0.4 is 11.1 Å². The number of rotatable bonds is 7. The highest BCUT2D eigenvalue weighted by atomic mass is 16.2. The van der Waals surface area contributed by atoms with Gasteiger partial charge < -0.3 is 11.1 Å². The summed E-state index contributed by atoms with van der Waals surface area (Å²) in [7, 11) is 0. The Hall–Kier alpha value is -2.37. The molecule has 6 nitrogen and oxygen atoms in total. The van der Waals surface area contributed by atoms with Crippen LogP contribution in [0.1, 0.15) is 51.2 Å². The van der Waals surface area contributed by atoms with Gasteiger partial charge in [0.15, 0.2) is 5.96 Å².